The van der Waals surface area contributed by atoms with Gasteiger partial charge in [0.1, 0.15) is 0 Å². The monoisotopic (exact) mass is 419 g/mol. The van der Waals surface area contributed by atoms with Crippen molar-refractivity contribution in [3.05, 3.63) is 59.2 Å². The zero-order valence-corrected chi connectivity index (χ0v) is 17.9. The third kappa shape index (κ3) is 4.86. The van der Waals surface area contributed by atoms with Crippen LogP contribution in [0.3, 0.4) is 0 Å². The summed E-state index contributed by atoms with van der Waals surface area (Å²) in [5.41, 5.74) is 8.50. The molecule has 0 spiro atoms. The zero-order valence-electron chi connectivity index (χ0n) is 17.9. The first kappa shape index (κ1) is 21.3. The maximum Gasteiger partial charge on any atom is 0.307 e. The summed E-state index contributed by atoms with van der Waals surface area (Å²) in [6, 6.07) is 13.6. The Bertz CT molecular complexity index is 1010. The number of hydrogen-bond acceptors (Lipinski definition) is 4. The van der Waals surface area contributed by atoms with Crippen molar-refractivity contribution in [2.75, 3.05) is 7.11 Å². The van der Waals surface area contributed by atoms with E-state index in [1.54, 1.807) is 7.11 Å². The molecule has 5 heteroatoms. The SMILES string of the molecule is COc1ccc([C@]2(C#Cc3cccc(CC(=O)O)c3)C[C@@H](N)C2)cc1OC1CCCC1. The molecule has 4 rings (SSSR count). The van der Waals surface area contributed by atoms with Crippen LogP contribution >= 0.6 is 0 Å². The molecule has 0 aliphatic heterocycles. The van der Waals surface area contributed by atoms with Gasteiger partial charge in [0, 0.05) is 11.6 Å². The molecule has 0 heterocycles. The van der Waals surface area contributed by atoms with Gasteiger partial charge in [-0.1, -0.05) is 30.0 Å². The maximum absolute atomic E-state index is 11.0. The predicted octanol–water partition coefficient (Wildman–Crippen LogP) is 4.05. The van der Waals surface area contributed by atoms with Gasteiger partial charge < -0.3 is 20.3 Å². The van der Waals surface area contributed by atoms with E-state index in [-0.39, 0.29) is 24.0 Å². The number of rotatable bonds is 6. The van der Waals surface area contributed by atoms with Gasteiger partial charge in [0.2, 0.25) is 0 Å². The van der Waals surface area contributed by atoms with Crippen LogP contribution in [-0.4, -0.2) is 30.3 Å². The summed E-state index contributed by atoms with van der Waals surface area (Å²) in [6.07, 6.45) is 6.37. The van der Waals surface area contributed by atoms with Gasteiger partial charge in [-0.3, -0.25) is 4.79 Å². The van der Waals surface area contributed by atoms with Crippen molar-refractivity contribution in [2.24, 2.45) is 5.73 Å². The third-order valence-corrected chi connectivity index (χ3v) is 6.26. The number of aliphatic carboxylic acids is 1. The second kappa shape index (κ2) is 9.03. The number of benzene rings is 2. The highest BCUT2D eigenvalue weighted by atomic mass is 16.5. The van der Waals surface area contributed by atoms with Crippen molar-refractivity contribution >= 4 is 5.97 Å². The standard InChI is InChI=1S/C26H29NO4/c1-30-23-10-9-20(15-24(23)31-22-7-2-3-8-22)26(16-21(27)17-26)12-11-18-5-4-6-19(13-18)14-25(28)29/h4-6,9-10,13,15,21-22H,2-3,7-8,14,16-17,27H2,1H3,(H,28,29)/t21-,26-. The summed E-state index contributed by atoms with van der Waals surface area (Å²) in [7, 11) is 1.66. The molecule has 31 heavy (non-hydrogen) atoms. The average Bonchev–Trinajstić information content (AvgIpc) is 3.23. The number of carboxylic acid groups (broad SMARTS) is 1. The van der Waals surface area contributed by atoms with Gasteiger partial charge in [-0.05, 0) is 73.9 Å². The second-order valence-corrected chi connectivity index (χ2v) is 8.66. The minimum absolute atomic E-state index is 0.00805. The van der Waals surface area contributed by atoms with E-state index < -0.39 is 5.97 Å². The fraction of sp³-hybridized carbons (Fsp3) is 0.423. The van der Waals surface area contributed by atoms with Crippen LogP contribution < -0.4 is 15.2 Å². The number of hydrogen-bond donors (Lipinski definition) is 2. The summed E-state index contributed by atoms with van der Waals surface area (Å²) < 4.78 is 11.8. The Morgan fingerprint density at radius 1 is 1.16 bits per heavy atom. The van der Waals surface area contributed by atoms with E-state index in [9.17, 15) is 4.79 Å². The molecule has 2 saturated carbocycles. The molecular weight excluding hydrogens is 390 g/mol. The fourth-order valence-electron chi connectivity index (χ4n) is 4.62. The molecule has 0 bridgehead atoms. The van der Waals surface area contributed by atoms with E-state index in [1.807, 2.05) is 30.3 Å². The van der Waals surface area contributed by atoms with Gasteiger partial charge in [0.05, 0.1) is 25.0 Å². The summed E-state index contributed by atoms with van der Waals surface area (Å²) in [5, 5.41) is 9.04. The van der Waals surface area contributed by atoms with Crippen LogP contribution in [0, 0.1) is 11.8 Å². The third-order valence-electron chi connectivity index (χ3n) is 6.26. The summed E-state index contributed by atoms with van der Waals surface area (Å²) >= 11 is 0. The number of methoxy groups -OCH3 is 1. The van der Waals surface area contributed by atoms with Gasteiger partial charge in [-0.2, -0.15) is 0 Å². The molecule has 0 saturated heterocycles. The molecule has 0 amide bonds. The fourth-order valence-corrected chi connectivity index (χ4v) is 4.62. The van der Waals surface area contributed by atoms with Crippen LogP contribution in [0.4, 0.5) is 0 Å². The van der Waals surface area contributed by atoms with Crippen LogP contribution in [0.5, 0.6) is 11.5 Å². The van der Waals surface area contributed by atoms with Crippen LogP contribution in [0.1, 0.15) is 55.2 Å². The first-order chi connectivity index (χ1) is 15.0. The van der Waals surface area contributed by atoms with Crippen LogP contribution in [-0.2, 0) is 16.6 Å². The Labute approximate surface area is 183 Å². The lowest BCUT2D eigenvalue weighted by molar-refractivity contribution is -0.136. The highest BCUT2D eigenvalue weighted by molar-refractivity contribution is 5.70. The Balaban J connectivity index is 1.63. The first-order valence-corrected chi connectivity index (χ1v) is 10.9. The smallest absolute Gasteiger partial charge is 0.307 e. The largest absolute Gasteiger partial charge is 0.493 e. The molecule has 2 aromatic rings. The van der Waals surface area contributed by atoms with E-state index in [1.165, 1.54) is 12.8 Å². The van der Waals surface area contributed by atoms with Gasteiger partial charge in [-0.15, -0.1) is 0 Å². The zero-order chi connectivity index (χ0) is 21.8. The van der Waals surface area contributed by atoms with Crippen molar-refractivity contribution in [3.8, 4) is 23.3 Å². The Kier molecular flexibility index (Phi) is 6.20. The van der Waals surface area contributed by atoms with E-state index in [2.05, 4.69) is 24.0 Å². The average molecular weight is 420 g/mol. The minimum atomic E-state index is -0.848. The topological polar surface area (TPSA) is 81.8 Å². The molecule has 2 fully saturated rings. The van der Waals surface area contributed by atoms with Gasteiger partial charge in [-0.25, -0.2) is 0 Å². The lowest BCUT2D eigenvalue weighted by Gasteiger charge is -2.43. The predicted molar refractivity (Wildman–Crippen MR) is 119 cm³/mol. The molecular formula is C26H29NO4. The summed E-state index contributed by atoms with van der Waals surface area (Å²) in [5.74, 6) is 7.40. The molecule has 2 aromatic carbocycles. The Morgan fingerprint density at radius 3 is 2.61 bits per heavy atom. The summed E-state index contributed by atoms with van der Waals surface area (Å²) in [4.78, 5) is 11.0. The molecule has 0 radical (unpaired) electrons. The molecule has 5 nitrogen and oxygen atoms in total. The quantitative estimate of drug-likeness (QED) is 0.690. The number of carbonyl (C=O) groups is 1. The molecule has 3 N–H and O–H groups in total. The van der Waals surface area contributed by atoms with Crippen LogP contribution in [0.15, 0.2) is 42.5 Å². The van der Waals surface area contributed by atoms with Gasteiger partial charge >= 0.3 is 5.97 Å². The van der Waals surface area contributed by atoms with Crippen molar-refractivity contribution in [1.82, 2.24) is 0 Å². The molecule has 162 valence electrons. The van der Waals surface area contributed by atoms with E-state index in [0.717, 1.165) is 53.9 Å². The maximum atomic E-state index is 11.0. The highest BCUT2D eigenvalue weighted by Gasteiger charge is 2.43. The Morgan fingerprint density at radius 2 is 1.94 bits per heavy atom. The van der Waals surface area contributed by atoms with Gasteiger partial charge in [0.25, 0.3) is 0 Å². The van der Waals surface area contributed by atoms with Crippen LogP contribution in [0.25, 0.3) is 0 Å². The van der Waals surface area contributed by atoms with Crippen molar-refractivity contribution < 1.29 is 19.4 Å². The molecule has 0 unspecified atom stereocenters. The first-order valence-electron chi connectivity index (χ1n) is 10.9. The van der Waals surface area contributed by atoms with Crippen molar-refractivity contribution in [2.45, 2.75) is 62.5 Å². The lowest BCUT2D eigenvalue weighted by Crippen LogP contribution is -2.48. The summed E-state index contributed by atoms with van der Waals surface area (Å²) in [6.45, 7) is 0. The van der Waals surface area contributed by atoms with Crippen LogP contribution in [0.2, 0.25) is 0 Å². The Hall–Kier alpha value is -2.97. The van der Waals surface area contributed by atoms with E-state index in [0.29, 0.717) is 0 Å². The lowest BCUT2D eigenvalue weighted by atomic mass is 9.62. The molecule has 2 aliphatic rings. The second-order valence-electron chi connectivity index (χ2n) is 8.66. The van der Waals surface area contributed by atoms with Gasteiger partial charge in [0.15, 0.2) is 11.5 Å². The number of carboxylic acids is 1. The highest BCUT2D eigenvalue weighted by Crippen LogP contribution is 2.45. The molecule has 2 aliphatic carbocycles. The van der Waals surface area contributed by atoms with Crippen molar-refractivity contribution in [3.63, 3.8) is 0 Å². The van der Waals surface area contributed by atoms with E-state index in [4.69, 9.17) is 20.3 Å². The minimum Gasteiger partial charge on any atom is -0.493 e. The molecule has 0 atom stereocenters. The molecule has 0 aromatic heterocycles. The number of ether oxygens (including phenoxy) is 2. The van der Waals surface area contributed by atoms with Crippen molar-refractivity contribution in [1.29, 1.82) is 0 Å². The number of nitrogens with two attached hydrogens (primary N) is 1. The van der Waals surface area contributed by atoms with E-state index >= 15 is 0 Å². The normalized spacial score (nSPS) is 22.8.